The number of rotatable bonds is 4. The minimum Gasteiger partial charge on any atom is -0.507 e. The summed E-state index contributed by atoms with van der Waals surface area (Å²) < 4.78 is 10.8. The van der Waals surface area contributed by atoms with Gasteiger partial charge in [0.15, 0.2) is 0 Å². The number of phenols is 1. The van der Waals surface area contributed by atoms with E-state index in [4.69, 9.17) is 9.47 Å². The molecule has 0 bridgehead atoms. The van der Waals surface area contributed by atoms with Gasteiger partial charge in [-0.15, -0.1) is 0 Å². The van der Waals surface area contributed by atoms with Crippen LogP contribution in [0.25, 0.3) is 0 Å². The number of phenolic OH excluding ortho intramolecular Hbond substituents is 1. The number of para-hydroxylation sites is 1. The second kappa shape index (κ2) is 6.00. The normalized spacial score (nSPS) is 20.4. The quantitative estimate of drug-likeness (QED) is 0.826. The zero-order valence-electron chi connectivity index (χ0n) is 10.1. The smallest absolute Gasteiger partial charge is 0.122 e. The van der Waals surface area contributed by atoms with Crippen LogP contribution in [0.1, 0.15) is 11.1 Å². The fourth-order valence-corrected chi connectivity index (χ4v) is 1.88. The van der Waals surface area contributed by atoms with Gasteiger partial charge in [-0.05, 0) is 12.5 Å². The molecule has 2 N–H and O–H groups in total. The van der Waals surface area contributed by atoms with Crippen LogP contribution in [0.5, 0.6) is 5.75 Å². The van der Waals surface area contributed by atoms with Crippen molar-refractivity contribution in [3.63, 3.8) is 0 Å². The third-order valence-corrected chi connectivity index (χ3v) is 2.89. The third kappa shape index (κ3) is 3.43. The lowest BCUT2D eigenvalue weighted by Crippen LogP contribution is -2.37. The van der Waals surface area contributed by atoms with E-state index in [2.05, 4.69) is 5.32 Å². The van der Waals surface area contributed by atoms with Crippen LogP contribution >= 0.6 is 0 Å². The first-order valence-electron chi connectivity index (χ1n) is 5.95. The van der Waals surface area contributed by atoms with E-state index in [0.29, 0.717) is 32.1 Å². The fraction of sp³-hybridized carbons (Fsp3) is 0.538. The summed E-state index contributed by atoms with van der Waals surface area (Å²) in [5.74, 6) is 0.376. The molecule has 0 spiro atoms. The average Bonchev–Trinajstić information content (AvgIpc) is 2.36. The van der Waals surface area contributed by atoms with Crippen molar-refractivity contribution in [3.8, 4) is 5.75 Å². The van der Waals surface area contributed by atoms with Crippen molar-refractivity contribution in [2.24, 2.45) is 0 Å². The average molecular weight is 237 g/mol. The van der Waals surface area contributed by atoms with E-state index in [1.54, 1.807) is 0 Å². The molecule has 2 rings (SSSR count). The highest BCUT2D eigenvalue weighted by Gasteiger charge is 2.13. The topological polar surface area (TPSA) is 50.7 Å². The Morgan fingerprint density at radius 3 is 3.06 bits per heavy atom. The van der Waals surface area contributed by atoms with Gasteiger partial charge in [-0.3, -0.25) is 0 Å². The van der Waals surface area contributed by atoms with Gasteiger partial charge in [-0.2, -0.15) is 0 Å². The van der Waals surface area contributed by atoms with Gasteiger partial charge < -0.3 is 19.9 Å². The van der Waals surface area contributed by atoms with Gasteiger partial charge in [0.05, 0.1) is 25.9 Å². The maximum absolute atomic E-state index is 9.84. The van der Waals surface area contributed by atoms with Gasteiger partial charge >= 0.3 is 0 Å². The molecule has 0 radical (unpaired) electrons. The van der Waals surface area contributed by atoms with Gasteiger partial charge in [-0.1, -0.05) is 18.2 Å². The SMILES string of the molecule is Cc1cccc(CNCC2COCCO2)c1O. The summed E-state index contributed by atoms with van der Waals surface area (Å²) in [6.07, 6.45) is 0.121. The summed E-state index contributed by atoms with van der Waals surface area (Å²) in [6, 6.07) is 5.77. The molecule has 0 aliphatic carbocycles. The lowest BCUT2D eigenvalue weighted by atomic mass is 10.1. The molecule has 1 unspecified atom stereocenters. The number of benzene rings is 1. The standard InChI is InChI=1S/C13H19NO3/c1-10-3-2-4-11(13(10)15)7-14-8-12-9-16-5-6-17-12/h2-4,12,14-15H,5-9H2,1H3. The van der Waals surface area contributed by atoms with Gasteiger partial charge in [0.1, 0.15) is 5.75 Å². The summed E-state index contributed by atoms with van der Waals surface area (Å²) in [6.45, 7) is 5.29. The molecule has 1 heterocycles. The molecular weight excluding hydrogens is 218 g/mol. The van der Waals surface area contributed by atoms with Gasteiger partial charge in [-0.25, -0.2) is 0 Å². The summed E-state index contributed by atoms with van der Waals surface area (Å²) in [5, 5.41) is 13.1. The highest BCUT2D eigenvalue weighted by Crippen LogP contribution is 2.20. The summed E-state index contributed by atoms with van der Waals surface area (Å²) >= 11 is 0. The van der Waals surface area contributed by atoms with Crippen LogP contribution in [0, 0.1) is 6.92 Å². The van der Waals surface area contributed by atoms with Gasteiger partial charge in [0.25, 0.3) is 0 Å². The van der Waals surface area contributed by atoms with Gasteiger partial charge in [0.2, 0.25) is 0 Å². The second-order valence-electron chi connectivity index (χ2n) is 4.28. The Morgan fingerprint density at radius 1 is 1.41 bits per heavy atom. The van der Waals surface area contributed by atoms with Crippen LogP contribution in [-0.2, 0) is 16.0 Å². The molecule has 17 heavy (non-hydrogen) atoms. The molecule has 1 aromatic rings. The monoisotopic (exact) mass is 237 g/mol. The molecule has 4 heteroatoms. The lowest BCUT2D eigenvalue weighted by molar-refractivity contribution is -0.0864. The molecule has 0 amide bonds. The molecule has 1 aliphatic heterocycles. The van der Waals surface area contributed by atoms with Crippen molar-refractivity contribution in [2.45, 2.75) is 19.6 Å². The molecule has 0 aromatic heterocycles. The molecule has 0 saturated carbocycles. The molecule has 94 valence electrons. The van der Waals surface area contributed by atoms with Crippen molar-refractivity contribution < 1.29 is 14.6 Å². The first-order valence-corrected chi connectivity index (χ1v) is 5.95. The van der Waals surface area contributed by atoms with Crippen LogP contribution < -0.4 is 5.32 Å². The Hall–Kier alpha value is -1.10. The van der Waals surface area contributed by atoms with E-state index in [-0.39, 0.29) is 6.10 Å². The Labute approximate surface area is 102 Å². The molecule has 4 nitrogen and oxygen atoms in total. The van der Waals surface area contributed by atoms with Crippen molar-refractivity contribution in [2.75, 3.05) is 26.4 Å². The number of aromatic hydroxyl groups is 1. The largest absolute Gasteiger partial charge is 0.507 e. The maximum atomic E-state index is 9.84. The number of hydrogen-bond acceptors (Lipinski definition) is 4. The minimum atomic E-state index is 0.121. The summed E-state index contributed by atoms with van der Waals surface area (Å²) in [7, 11) is 0. The van der Waals surface area contributed by atoms with Crippen molar-refractivity contribution in [3.05, 3.63) is 29.3 Å². The zero-order valence-corrected chi connectivity index (χ0v) is 10.1. The summed E-state index contributed by atoms with van der Waals surface area (Å²) in [5.41, 5.74) is 1.82. The minimum absolute atomic E-state index is 0.121. The predicted molar refractivity (Wildman–Crippen MR) is 65.1 cm³/mol. The Kier molecular flexibility index (Phi) is 4.36. The first kappa shape index (κ1) is 12.4. The van der Waals surface area contributed by atoms with E-state index in [9.17, 15) is 5.11 Å². The van der Waals surface area contributed by atoms with Crippen LogP contribution in [-0.4, -0.2) is 37.6 Å². The predicted octanol–water partition coefficient (Wildman–Crippen LogP) is 1.21. The van der Waals surface area contributed by atoms with E-state index >= 15 is 0 Å². The highest BCUT2D eigenvalue weighted by atomic mass is 16.6. The van der Waals surface area contributed by atoms with Crippen molar-refractivity contribution in [1.82, 2.24) is 5.32 Å². The fourth-order valence-electron chi connectivity index (χ4n) is 1.88. The number of nitrogens with one attached hydrogen (secondary N) is 1. The van der Waals surface area contributed by atoms with E-state index in [1.165, 1.54) is 0 Å². The lowest BCUT2D eigenvalue weighted by Gasteiger charge is -2.23. The highest BCUT2D eigenvalue weighted by molar-refractivity contribution is 5.39. The Balaban J connectivity index is 1.79. The molecular formula is C13H19NO3. The van der Waals surface area contributed by atoms with Gasteiger partial charge in [0, 0.05) is 18.7 Å². The number of aryl methyl sites for hydroxylation is 1. The van der Waals surface area contributed by atoms with E-state index in [1.807, 2.05) is 25.1 Å². The number of ether oxygens (including phenoxy) is 2. The number of hydrogen-bond donors (Lipinski definition) is 2. The third-order valence-electron chi connectivity index (χ3n) is 2.89. The molecule has 1 saturated heterocycles. The Morgan fingerprint density at radius 2 is 2.29 bits per heavy atom. The first-order chi connectivity index (χ1) is 8.27. The second-order valence-corrected chi connectivity index (χ2v) is 4.28. The molecule has 1 aromatic carbocycles. The maximum Gasteiger partial charge on any atom is 0.122 e. The van der Waals surface area contributed by atoms with Crippen molar-refractivity contribution in [1.29, 1.82) is 0 Å². The van der Waals surface area contributed by atoms with Crippen LogP contribution in [0.3, 0.4) is 0 Å². The van der Waals surface area contributed by atoms with E-state index in [0.717, 1.165) is 17.7 Å². The van der Waals surface area contributed by atoms with Crippen LogP contribution in [0.15, 0.2) is 18.2 Å². The Bertz CT molecular complexity index is 362. The zero-order chi connectivity index (χ0) is 12.1. The van der Waals surface area contributed by atoms with Crippen LogP contribution in [0.2, 0.25) is 0 Å². The molecule has 1 fully saturated rings. The van der Waals surface area contributed by atoms with Crippen LogP contribution in [0.4, 0.5) is 0 Å². The van der Waals surface area contributed by atoms with E-state index < -0.39 is 0 Å². The van der Waals surface area contributed by atoms with Crippen molar-refractivity contribution >= 4 is 0 Å². The molecule has 1 atom stereocenters. The summed E-state index contributed by atoms with van der Waals surface area (Å²) in [4.78, 5) is 0. The molecule has 1 aliphatic rings.